The van der Waals surface area contributed by atoms with Crippen molar-refractivity contribution in [3.05, 3.63) is 15.8 Å². The van der Waals surface area contributed by atoms with Crippen molar-refractivity contribution in [2.45, 2.75) is 58.3 Å². The van der Waals surface area contributed by atoms with Crippen LogP contribution in [0.3, 0.4) is 0 Å². The Morgan fingerprint density at radius 2 is 1.97 bits per heavy atom. The summed E-state index contributed by atoms with van der Waals surface area (Å²) in [6.07, 6.45) is 1.90. The van der Waals surface area contributed by atoms with Crippen LogP contribution in [-0.2, 0) is 4.74 Å². The predicted octanol–water partition coefficient (Wildman–Crippen LogP) is 5.04. The molecule has 0 unspecified atom stereocenters. The van der Waals surface area contributed by atoms with Crippen molar-refractivity contribution in [3.8, 4) is 11.5 Å². The summed E-state index contributed by atoms with van der Waals surface area (Å²) in [5.74, 6) is 1.95. The Bertz CT molecular complexity index is 1040. The smallest absolute Gasteiger partial charge is 0.410 e. The number of halogens is 2. The van der Waals surface area contributed by atoms with Gasteiger partial charge in [0.05, 0.1) is 18.6 Å². The highest BCUT2D eigenvalue weighted by Gasteiger charge is 2.33. The molecule has 1 aliphatic heterocycles. The van der Waals surface area contributed by atoms with E-state index in [1.165, 1.54) is 0 Å². The van der Waals surface area contributed by atoms with E-state index in [1.807, 2.05) is 26.8 Å². The maximum atomic E-state index is 12.5. The zero-order valence-electron chi connectivity index (χ0n) is 18.9. The Kier molecular flexibility index (Phi) is 6.33. The fourth-order valence-corrected chi connectivity index (χ4v) is 4.46. The minimum absolute atomic E-state index is 0.00660. The molecule has 1 saturated heterocycles. The monoisotopic (exact) mass is 526 g/mol. The van der Waals surface area contributed by atoms with E-state index in [-0.39, 0.29) is 23.5 Å². The number of aromatic nitrogens is 2. The van der Waals surface area contributed by atoms with Gasteiger partial charge in [-0.05, 0) is 74.1 Å². The molecule has 10 heteroatoms. The van der Waals surface area contributed by atoms with Gasteiger partial charge < -0.3 is 24.0 Å². The SMILES string of the molecule is COc1cc2c(N3CCN(C(=O)OC(C)(C)C)C[C@@H]3C)nc(Cl)nc2c(OC2CC2)c1Br. The third-order valence-electron chi connectivity index (χ3n) is 5.38. The van der Waals surface area contributed by atoms with Gasteiger partial charge in [0, 0.05) is 25.7 Å². The molecule has 1 aliphatic carbocycles. The largest absolute Gasteiger partial charge is 0.495 e. The number of piperazine rings is 1. The number of nitrogens with zero attached hydrogens (tertiary/aromatic N) is 4. The molecular formula is C22H28BrClN4O4. The van der Waals surface area contributed by atoms with Crippen molar-refractivity contribution in [3.63, 3.8) is 0 Å². The van der Waals surface area contributed by atoms with E-state index in [2.05, 4.69) is 37.7 Å². The van der Waals surface area contributed by atoms with Crippen LogP contribution in [0.25, 0.3) is 10.9 Å². The van der Waals surface area contributed by atoms with Crippen LogP contribution in [0.15, 0.2) is 10.5 Å². The van der Waals surface area contributed by atoms with Crippen LogP contribution in [0.1, 0.15) is 40.5 Å². The second-order valence-electron chi connectivity index (χ2n) is 9.22. The molecule has 0 bridgehead atoms. The Labute approximate surface area is 201 Å². The fourth-order valence-electron chi connectivity index (χ4n) is 3.74. The summed E-state index contributed by atoms with van der Waals surface area (Å²) < 4.78 is 18.0. The van der Waals surface area contributed by atoms with Gasteiger partial charge in [-0.25, -0.2) is 9.78 Å². The number of hydrogen-bond acceptors (Lipinski definition) is 7. The van der Waals surface area contributed by atoms with Crippen LogP contribution in [0, 0.1) is 0 Å². The summed E-state index contributed by atoms with van der Waals surface area (Å²) in [6, 6.07) is 1.89. The molecule has 2 aliphatic rings. The van der Waals surface area contributed by atoms with Gasteiger partial charge in [0.25, 0.3) is 0 Å². The highest BCUT2D eigenvalue weighted by molar-refractivity contribution is 9.10. The summed E-state index contributed by atoms with van der Waals surface area (Å²) in [5, 5.41) is 0.939. The van der Waals surface area contributed by atoms with Crippen molar-refractivity contribution in [2.75, 3.05) is 31.6 Å². The number of carbonyl (C=O) groups is 1. The van der Waals surface area contributed by atoms with Gasteiger partial charge in [-0.15, -0.1) is 0 Å². The first-order chi connectivity index (χ1) is 15.1. The number of rotatable bonds is 4. The molecular weight excluding hydrogens is 500 g/mol. The normalized spacial score (nSPS) is 19.3. The van der Waals surface area contributed by atoms with Crippen LogP contribution >= 0.6 is 27.5 Å². The van der Waals surface area contributed by atoms with Crippen molar-refractivity contribution in [2.24, 2.45) is 0 Å². The molecule has 8 nitrogen and oxygen atoms in total. The number of ether oxygens (including phenoxy) is 3. The predicted molar refractivity (Wildman–Crippen MR) is 127 cm³/mol. The first-order valence-electron chi connectivity index (χ1n) is 10.7. The number of fused-ring (bicyclic) bond motifs is 1. The summed E-state index contributed by atoms with van der Waals surface area (Å²) in [6.45, 7) is 9.26. The number of amides is 1. The lowest BCUT2D eigenvalue weighted by Crippen LogP contribution is -2.54. The Balaban J connectivity index is 1.69. The van der Waals surface area contributed by atoms with Gasteiger partial charge in [0.15, 0.2) is 5.75 Å². The first kappa shape index (κ1) is 23.2. The first-order valence-corrected chi connectivity index (χ1v) is 11.9. The van der Waals surface area contributed by atoms with E-state index in [1.54, 1.807) is 12.0 Å². The minimum atomic E-state index is -0.532. The molecule has 2 heterocycles. The van der Waals surface area contributed by atoms with E-state index in [0.717, 1.165) is 18.2 Å². The van der Waals surface area contributed by atoms with Crippen LogP contribution in [-0.4, -0.2) is 65.5 Å². The number of carbonyl (C=O) groups excluding carboxylic acids is 1. The van der Waals surface area contributed by atoms with E-state index < -0.39 is 5.60 Å². The van der Waals surface area contributed by atoms with E-state index in [9.17, 15) is 4.79 Å². The van der Waals surface area contributed by atoms with Gasteiger partial charge in [-0.2, -0.15) is 4.98 Å². The highest BCUT2D eigenvalue weighted by atomic mass is 79.9. The Morgan fingerprint density at radius 1 is 1.25 bits per heavy atom. The third-order valence-corrected chi connectivity index (χ3v) is 6.30. The lowest BCUT2D eigenvalue weighted by atomic mass is 10.1. The Hall–Kier alpha value is -2.00. The average Bonchev–Trinajstić information content (AvgIpc) is 3.52. The number of hydrogen-bond donors (Lipinski definition) is 0. The lowest BCUT2D eigenvalue weighted by Gasteiger charge is -2.41. The van der Waals surface area contributed by atoms with Gasteiger partial charge in [0.1, 0.15) is 27.2 Å². The second-order valence-corrected chi connectivity index (χ2v) is 10.4. The zero-order chi connectivity index (χ0) is 23.2. The molecule has 0 spiro atoms. The summed E-state index contributed by atoms with van der Waals surface area (Å²) in [4.78, 5) is 25.5. The molecule has 1 saturated carbocycles. The molecule has 2 fully saturated rings. The third kappa shape index (κ3) is 4.83. The topological polar surface area (TPSA) is 77.0 Å². The molecule has 0 N–H and O–H groups in total. The van der Waals surface area contributed by atoms with Crippen molar-refractivity contribution in [1.82, 2.24) is 14.9 Å². The summed E-state index contributed by atoms with van der Waals surface area (Å²) in [7, 11) is 1.62. The quantitative estimate of drug-likeness (QED) is 0.516. The van der Waals surface area contributed by atoms with Crippen LogP contribution in [0.4, 0.5) is 10.6 Å². The lowest BCUT2D eigenvalue weighted by molar-refractivity contribution is 0.0218. The minimum Gasteiger partial charge on any atom is -0.495 e. The van der Waals surface area contributed by atoms with Gasteiger partial charge in [-0.3, -0.25) is 0 Å². The van der Waals surface area contributed by atoms with E-state index in [4.69, 9.17) is 25.8 Å². The summed E-state index contributed by atoms with van der Waals surface area (Å²) >= 11 is 9.96. The molecule has 0 radical (unpaired) electrons. The zero-order valence-corrected chi connectivity index (χ0v) is 21.3. The van der Waals surface area contributed by atoms with Crippen LogP contribution in [0.2, 0.25) is 5.28 Å². The van der Waals surface area contributed by atoms with E-state index >= 15 is 0 Å². The number of benzene rings is 1. The molecule has 1 amide bonds. The molecule has 1 atom stereocenters. The maximum absolute atomic E-state index is 12.5. The molecule has 4 rings (SSSR count). The van der Waals surface area contributed by atoms with Crippen LogP contribution in [0.5, 0.6) is 11.5 Å². The Morgan fingerprint density at radius 3 is 2.56 bits per heavy atom. The standard InChI is InChI=1S/C22H28BrClN4O4/c1-12-11-27(21(29)32-22(2,3)4)8-9-28(12)19-14-10-15(30-5)16(23)18(31-13-6-7-13)17(14)25-20(24)26-19/h10,12-13H,6-9,11H2,1-5H3/t12-/m0/s1. The van der Waals surface area contributed by atoms with Crippen molar-refractivity contribution < 1.29 is 19.0 Å². The van der Waals surface area contributed by atoms with Crippen molar-refractivity contribution >= 4 is 50.3 Å². The second kappa shape index (κ2) is 8.74. The molecule has 174 valence electrons. The van der Waals surface area contributed by atoms with Gasteiger partial charge in [0.2, 0.25) is 5.28 Å². The van der Waals surface area contributed by atoms with Crippen molar-refractivity contribution in [1.29, 1.82) is 0 Å². The van der Waals surface area contributed by atoms with Gasteiger partial charge >= 0.3 is 6.09 Å². The number of anilines is 1. The molecule has 1 aromatic carbocycles. The highest BCUT2D eigenvalue weighted by Crippen LogP contribution is 2.45. The average molecular weight is 528 g/mol. The molecule has 1 aromatic heterocycles. The molecule has 32 heavy (non-hydrogen) atoms. The van der Waals surface area contributed by atoms with Gasteiger partial charge in [-0.1, -0.05) is 0 Å². The summed E-state index contributed by atoms with van der Waals surface area (Å²) in [5.41, 5.74) is 0.108. The fraction of sp³-hybridized carbons (Fsp3) is 0.591. The number of methoxy groups -OCH3 is 1. The maximum Gasteiger partial charge on any atom is 0.410 e. The van der Waals surface area contributed by atoms with Crippen LogP contribution < -0.4 is 14.4 Å². The molecule has 2 aromatic rings. The van der Waals surface area contributed by atoms with E-state index in [0.29, 0.717) is 46.9 Å².